The van der Waals surface area contributed by atoms with Crippen molar-refractivity contribution in [1.82, 2.24) is 10.2 Å². The van der Waals surface area contributed by atoms with Crippen LogP contribution in [0.25, 0.3) is 0 Å². The zero-order valence-corrected chi connectivity index (χ0v) is 19.3. The van der Waals surface area contributed by atoms with Crippen molar-refractivity contribution >= 4 is 11.8 Å². The maximum Gasteiger partial charge on any atom is 0.242 e. The molecule has 5 heteroatoms. The summed E-state index contributed by atoms with van der Waals surface area (Å²) in [6, 6.07) is 23.4. The number of rotatable bonds is 10. The highest BCUT2D eigenvalue weighted by atomic mass is 19.1. The summed E-state index contributed by atoms with van der Waals surface area (Å²) >= 11 is 0. The summed E-state index contributed by atoms with van der Waals surface area (Å²) in [5, 5.41) is 2.68. The van der Waals surface area contributed by atoms with Gasteiger partial charge in [0.1, 0.15) is 11.9 Å². The molecule has 3 aromatic carbocycles. The molecule has 0 aromatic heterocycles. The Labute approximate surface area is 195 Å². The first kappa shape index (κ1) is 24.2. The van der Waals surface area contributed by atoms with Crippen molar-refractivity contribution in [2.24, 2.45) is 0 Å². The third-order valence-corrected chi connectivity index (χ3v) is 5.87. The van der Waals surface area contributed by atoms with Crippen LogP contribution in [0.5, 0.6) is 0 Å². The normalized spacial score (nSPS) is 11.6. The van der Waals surface area contributed by atoms with Gasteiger partial charge in [-0.2, -0.15) is 0 Å². The molecule has 0 heterocycles. The lowest BCUT2D eigenvalue weighted by atomic mass is 10.0. The van der Waals surface area contributed by atoms with Crippen molar-refractivity contribution < 1.29 is 14.0 Å². The molecule has 2 amide bonds. The molecule has 0 saturated heterocycles. The molecule has 4 nitrogen and oxygen atoms in total. The minimum Gasteiger partial charge on any atom is -0.357 e. The van der Waals surface area contributed by atoms with Crippen molar-refractivity contribution in [2.45, 2.75) is 45.2 Å². The molecular formula is C28H31FN2O2. The van der Waals surface area contributed by atoms with E-state index in [1.165, 1.54) is 16.5 Å². The van der Waals surface area contributed by atoms with Crippen molar-refractivity contribution in [2.75, 3.05) is 7.05 Å². The largest absolute Gasteiger partial charge is 0.357 e. The van der Waals surface area contributed by atoms with Crippen LogP contribution in [-0.4, -0.2) is 29.8 Å². The summed E-state index contributed by atoms with van der Waals surface area (Å²) in [5.74, 6) is -0.834. The smallest absolute Gasteiger partial charge is 0.242 e. The van der Waals surface area contributed by atoms with Gasteiger partial charge in [0.15, 0.2) is 0 Å². The molecule has 1 N–H and O–H groups in total. The topological polar surface area (TPSA) is 49.4 Å². The first-order valence-electron chi connectivity index (χ1n) is 11.4. The first-order valence-corrected chi connectivity index (χ1v) is 11.4. The Morgan fingerprint density at radius 1 is 0.879 bits per heavy atom. The quantitative estimate of drug-likeness (QED) is 0.491. The number of likely N-dealkylation sites (N-methyl/N-ethyl adjacent to an activating group) is 1. The fourth-order valence-electron chi connectivity index (χ4n) is 3.87. The maximum absolute atomic E-state index is 14.5. The number of amides is 2. The van der Waals surface area contributed by atoms with Gasteiger partial charge in [0.05, 0.1) is 0 Å². The van der Waals surface area contributed by atoms with Gasteiger partial charge < -0.3 is 10.2 Å². The van der Waals surface area contributed by atoms with Gasteiger partial charge in [-0.25, -0.2) is 4.39 Å². The highest BCUT2D eigenvalue weighted by Gasteiger charge is 2.30. The number of halogens is 1. The van der Waals surface area contributed by atoms with Crippen LogP contribution in [0.1, 0.15) is 35.6 Å². The minimum absolute atomic E-state index is 0.0329. The zero-order chi connectivity index (χ0) is 23.6. The third-order valence-electron chi connectivity index (χ3n) is 5.87. The average molecular weight is 447 g/mol. The molecule has 172 valence electrons. The number of hydrogen-bond acceptors (Lipinski definition) is 2. The van der Waals surface area contributed by atoms with Gasteiger partial charge in [0, 0.05) is 32.0 Å². The molecular weight excluding hydrogens is 415 g/mol. The predicted octanol–water partition coefficient (Wildman–Crippen LogP) is 4.71. The zero-order valence-electron chi connectivity index (χ0n) is 19.3. The fraction of sp³-hybridized carbons (Fsp3) is 0.286. The molecule has 0 aliphatic carbocycles. The van der Waals surface area contributed by atoms with Gasteiger partial charge in [-0.1, -0.05) is 79.7 Å². The molecule has 0 spiro atoms. The second kappa shape index (κ2) is 12.0. The molecule has 0 fully saturated rings. The number of benzene rings is 3. The van der Waals surface area contributed by atoms with Gasteiger partial charge in [-0.15, -0.1) is 0 Å². The molecule has 1 atom stereocenters. The Morgan fingerprint density at radius 2 is 1.52 bits per heavy atom. The number of carbonyl (C=O) groups is 2. The van der Waals surface area contributed by atoms with Crippen molar-refractivity contribution in [3.8, 4) is 0 Å². The summed E-state index contributed by atoms with van der Waals surface area (Å²) in [6.07, 6.45) is 2.11. The van der Waals surface area contributed by atoms with E-state index in [2.05, 4.69) is 24.4 Å². The standard InChI is InChI=1S/C28H31FN2O2/c1-3-21-13-15-22(16-14-21)17-18-27(32)31(20-24-11-7-8-12-25(24)29)26(28(33)30-2)19-23-9-5-4-6-10-23/h4-16,26H,3,17-20H2,1-2H3,(H,30,33)/t26-/m0/s1. The highest BCUT2D eigenvalue weighted by molar-refractivity contribution is 5.88. The molecule has 33 heavy (non-hydrogen) atoms. The summed E-state index contributed by atoms with van der Waals surface area (Å²) in [4.78, 5) is 27.8. The molecule has 0 unspecified atom stereocenters. The maximum atomic E-state index is 14.5. The second-order valence-electron chi connectivity index (χ2n) is 8.10. The van der Waals surface area contributed by atoms with Crippen LogP contribution < -0.4 is 5.32 Å². The molecule has 3 aromatic rings. The van der Waals surface area contributed by atoms with Crippen LogP contribution in [0.3, 0.4) is 0 Å². The van der Waals surface area contributed by atoms with Gasteiger partial charge in [0.25, 0.3) is 0 Å². The lowest BCUT2D eigenvalue weighted by Gasteiger charge is -2.31. The van der Waals surface area contributed by atoms with Crippen LogP contribution >= 0.6 is 0 Å². The Balaban J connectivity index is 1.86. The SMILES string of the molecule is CCc1ccc(CCC(=O)N(Cc2ccccc2F)[C@@H](Cc2ccccc2)C(=O)NC)cc1. The number of nitrogens with one attached hydrogen (secondary N) is 1. The van der Waals surface area contributed by atoms with Gasteiger partial charge in [-0.3, -0.25) is 9.59 Å². The number of carbonyl (C=O) groups excluding carboxylic acids is 2. The lowest BCUT2D eigenvalue weighted by Crippen LogP contribution is -2.49. The number of aryl methyl sites for hydroxylation is 2. The van der Waals surface area contributed by atoms with Crippen LogP contribution in [0.4, 0.5) is 4.39 Å². The monoisotopic (exact) mass is 446 g/mol. The number of hydrogen-bond donors (Lipinski definition) is 1. The van der Waals surface area contributed by atoms with Gasteiger partial charge in [0.2, 0.25) is 11.8 Å². The van der Waals surface area contributed by atoms with Crippen LogP contribution in [0.15, 0.2) is 78.9 Å². The summed E-state index contributed by atoms with van der Waals surface area (Å²) in [7, 11) is 1.56. The molecule has 0 radical (unpaired) electrons. The van der Waals surface area contributed by atoms with E-state index in [0.29, 0.717) is 18.4 Å². The van der Waals surface area contributed by atoms with Crippen LogP contribution in [0.2, 0.25) is 0 Å². The highest BCUT2D eigenvalue weighted by Crippen LogP contribution is 2.18. The Morgan fingerprint density at radius 3 is 2.15 bits per heavy atom. The average Bonchev–Trinajstić information content (AvgIpc) is 2.86. The van der Waals surface area contributed by atoms with Gasteiger partial charge in [-0.05, 0) is 35.6 Å². The van der Waals surface area contributed by atoms with E-state index in [0.717, 1.165) is 17.5 Å². The van der Waals surface area contributed by atoms with E-state index in [1.54, 1.807) is 25.2 Å². The first-order chi connectivity index (χ1) is 16.0. The molecule has 0 aliphatic heterocycles. The Hall–Kier alpha value is -3.47. The van der Waals surface area contributed by atoms with Gasteiger partial charge >= 0.3 is 0 Å². The summed E-state index contributed by atoms with van der Waals surface area (Å²) in [6.45, 7) is 2.13. The van der Waals surface area contributed by atoms with E-state index in [1.807, 2.05) is 42.5 Å². The Bertz CT molecular complexity index is 1050. The molecule has 0 aliphatic rings. The fourth-order valence-corrected chi connectivity index (χ4v) is 3.87. The van der Waals surface area contributed by atoms with E-state index in [-0.39, 0.29) is 30.6 Å². The van der Waals surface area contributed by atoms with Crippen molar-refractivity contribution in [1.29, 1.82) is 0 Å². The van der Waals surface area contributed by atoms with E-state index in [4.69, 9.17) is 0 Å². The van der Waals surface area contributed by atoms with Crippen molar-refractivity contribution in [3.05, 3.63) is 107 Å². The van der Waals surface area contributed by atoms with E-state index < -0.39 is 6.04 Å². The van der Waals surface area contributed by atoms with E-state index in [9.17, 15) is 14.0 Å². The van der Waals surface area contributed by atoms with Crippen LogP contribution in [-0.2, 0) is 35.4 Å². The second-order valence-corrected chi connectivity index (χ2v) is 8.10. The van der Waals surface area contributed by atoms with E-state index >= 15 is 0 Å². The molecule has 3 rings (SSSR count). The number of nitrogens with zero attached hydrogens (tertiary/aromatic N) is 1. The third kappa shape index (κ3) is 6.75. The Kier molecular flexibility index (Phi) is 8.76. The van der Waals surface area contributed by atoms with Crippen LogP contribution in [0, 0.1) is 5.82 Å². The van der Waals surface area contributed by atoms with Crippen molar-refractivity contribution in [3.63, 3.8) is 0 Å². The summed E-state index contributed by atoms with van der Waals surface area (Å²) < 4.78 is 14.5. The minimum atomic E-state index is -0.744. The lowest BCUT2D eigenvalue weighted by molar-refractivity contribution is -0.141. The molecule has 0 saturated carbocycles. The summed E-state index contributed by atoms with van der Waals surface area (Å²) in [5.41, 5.74) is 3.63. The predicted molar refractivity (Wildman–Crippen MR) is 129 cm³/mol. The molecule has 0 bridgehead atoms.